The number of Topliss-reactive ketones (excluding diaryl/α,β-unsaturated/α-hetero) is 1. The highest BCUT2D eigenvalue weighted by Crippen LogP contribution is 2.06. The smallest absolute Gasteiger partial charge is 0.336 e. The van der Waals surface area contributed by atoms with E-state index in [4.69, 9.17) is 0 Å². The molecule has 1 N–H and O–H groups in total. The molecule has 0 saturated carbocycles. The second-order valence-electron chi connectivity index (χ2n) is 5.49. The van der Waals surface area contributed by atoms with Crippen molar-refractivity contribution in [1.82, 2.24) is 5.32 Å². The van der Waals surface area contributed by atoms with Gasteiger partial charge in [-0.15, -0.1) is 0 Å². The maximum absolute atomic E-state index is 12.2. The number of unbranched alkanes of at least 4 members (excludes halogenated alkanes) is 3. The molecule has 0 heterocycles. The highest BCUT2D eigenvalue weighted by atomic mass is 16.5. The van der Waals surface area contributed by atoms with Gasteiger partial charge in [0, 0.05) is 12.5 Å². The molecular weight excluding hydrogens is 306 g/mol. The maximum atomic E-state index is 12.2. The molecule has 0 radical (unpaired) electrons. The van der Waals surface area contributed by atoms with E-state index in [-0.39, 0.29) is 12.2 Å². The highest BCUT2D eigenvalue weighted by Gasteiger charge is 2.27. The van der Waals surface area contributed by atoms with Crippen LogP contribution in [-0.4, -0.2) is 30.8 Å². The molecule has 0 aliphatic carbocycles. The molecule has 1 unspecified atom stereocenters. The topological polar surface area (TPSA) is 72.5 Å². The average Bonchev–Trinajstić information content (AvgIpc) is 2.61. The van der Waals surface area contributed by atoms with Gasteiger partial charge in [-0.05, 0) is 18.1 Å². The third kappa shape index (κ3) is 7.22. The summed E-state index contributed by atoms with van der Waals surface area (Å²) in [7, 11) is 1.20. The van der Waals surface area contributed by atoms with Crippen LogP contribution in [0.5, 0.6) is 0 Å². The van der Waals surface area contributed by atoms with Crippen LogP contribution in [0, 0.1) is 0 Å². The Morgan fingerprint density at radius 3 is 2.46 bits per heavy atom. The van der Waals surface area contributed by atoms with E-state index in [9.17, 15) is 14.4 Å². The SMILES string of the molecule is CCCCCCC(=O)C(NC(=O)/C=C/c1ccccc1)C(=O)OC. The molecule has 1 rings (SSSR count). The zero-order valence-electron chi connectivity index (χ0n) is 14.3. The number of esters is 1. The molecule has 0 aliphatic heterocycles. The van der Waals surface area contributed by atoms with Crippen molar-refractivity contribution in [2.75, 3.05) is 7.11 Å². The Bertz CT molecular complexity index is 566. The number of amides is 1. The molecule has 1 amide bonds. The van der Waals surface area contributed by atoms with Gasteiger partial charge in [0.05, 0.1) is 7.11 Å². The first-order chi connectivity index (χ1) is 11.6. The predicted molar refractivity (Wildman–Crippen MR) is 93.2 cm³/mol. The first-order valence-corrected chi connectivity index (χ1v) is 8.22. The minimum atomic E-state index is -1.25. The number of ketones is 1. The van der Waals surface area contributed by atoms with Crippen LogP contribution < -0.4 is 5.32 Å². The second kappa shape index (κ2) is 11.2. The van der Waals surface area contributed by atoms with Gasteiger partial charge in [0.15, 0.2) is 11.8 Å². The summed E-state index contributed by atoms with van der Waals surface area (Å²) in [6.07, 6.45) is 6.92. The molecule has 0 spiro atoms. The van der Waals surface area contributed by atoms with Crippen molar-refractivity contribution in [1.29, 1.82) is 0 Å². The monoisotopic (exact) mass is 331 g/mol. The minimum Gasteiger partial charge on any atom is -0.467 e. The van der Waals surface area contributed by atoms with Gasteiger partial charge in [-0.3, -0.25) is 9.59 Å². The van der Waals surface area contributed by atoms with Crippen LogP contribution >= 0.6 is 0 Å². The summed E-state index contributed by atoms with van der Waals surface area (Å²) in [5.74, 6) is -1.56. The average molecular weight is 331 g/mol. The Hall–Kier alpha value is -2.43. The fourth-order valence-corrected chi connectivity index (χ4v) is 2.19. The number of methoxy groups -OCH3 is 1. The minimum absolute atomic E-state index is 0.252. The standard InChI is InChI=1S/C19H25NO4/c1-3-4-5-9-12-16(21)18(19(23)24-2)20-17(22)14-13-15-10-7-6-8-11-15/h6-8,10-11,13-14,18H,3-5,9,12H2,1-2H3,(H,20,22)/b14-13+. The van der Waals surface area contributed by atoms with Gasteiger partial charge in [0.25, 0.3) is 0 Å². The van der Waals surface area contributed by atoms with Gasteiger partial charge in [-0.1, -0.05) is 56.5 Å². The first kappa shape index (κ1) is 19.6. The van der Waals surface area contributed by atoms with E-state index in [1.54, 1.807) is 6.08 Å². The molecule has 0 bridgehead atoms. The fourth-order valence-electron chi connectivity index (χ4n) is 2.19. The Morgan fingerprint density at radius 2 is 1.83 bits per heavy atom. The van der Waals surface area contributed by atoms with Crippen molar-refractivity contribution in [2.45, 2.75) is 45.1 Å². The number of carbonyl (C=O) groups excluding carboxylic acids is 3. The van der Waals surface area contributed by atoms with Crippen molar-refractivity contribution in [3.63, 3.8) is 0 Å². The van der Waals surface area contributed by atoms with E-state index in [1.807, 2.05) is 30.3 Å². The summed E-state index contributed by atoms with van der Waals surface area (Å²) in [6, 6.07) is 8.04. The Labute approximate surface area is 143 Å². The largest absolute Gasteiger partial charge is 0.467 e. The normalized spacial score (nSPS) is 11.9. The van der Waals surface area contributed by atoms with Crippen molar-refractivity contribution in [3.8, 4) is 0 Å². The van der Waals surface area contributed by atoms with Gasteiger partial charge >= 0.3 is 5.97 Å². The molecule has 0 aromatic heterocycles. The number of carbonyl (C=O) groups is 3. The molecule has 5 heteroatoms. The van der Waals surface area contributed by atoms with Crippen LogP contribution in [0.3, 0.4) is 0 Å². The summed E-state index contributed by atoms with van der Waals surface area (Å²) < 4.78 is 4.63. The number of hydrogen-bond donors (Lipinski definition) is 1. The molecule has 1 atom stereocenters. The first-order valence-electron chi connectivity index (χ1n) is 8.22. The molecule has 5 nitrogen and oxygen atoms in total. The molecule has 1 aromatic rings. The second-order valence-corrected chi connectivity index (χ2v) is 5.49. The molecule has 130 valence electrons. The molecule has 1 aromatic carbocycles. The van der Waals surface area contributed by atoms with Crippen molar-refractivity contribution < 1.29 is 19.1 Å². The van der Waals surface area contributed by atoms with Crippen LogP contribution in [0.4, 0.5) is 0 Å². The van der Waals surface area contributed by atoms with Crippen LogP contribution in [0.2, 0.25) is 0 Å². The van der Waals surface area contributed by atoms with E-state index in [0.717, 1.165) is 24.8 Å². The van der Waals surface area contributed by atoms with Crippen LogP contribution in [0.25, 0.3) is 6.08 Å². The molecule has 0 aliphatic rings. The molecule has 24 heavy (non-hydrogen) atoms. The van der Waals surface area contributed by atoms with Gasteiger partial charge in [0.1, 0.15) is 0 Å². The zero-order chi connectivity index (χ0) is 17.8. The van der Waals surface area contributed by atoms with Crippen molar-refractivity contribution in [3.05, 3.63) is 42.0 Å². The third-order valence-corrected chi connectivity index (χ3v) is 3.55. The molecule has 0 saturated heterocycles. The van der Waals surface area contributed by atoms with E-state index in [0.29, 0.717) is 6.42 Å². The lowest BCUT2D eigenvalue weighted by Crippen LogP contribution is -2.46. The number of hydrogen-bond acceptors (Lipinski definition) is 4. The Kier molecular flexibility index (Phi) is 9.12. The number of benzene rings is 1. The van der Waals surface area contributed by atoms with E-state index >= 15 is 0 Å². The summed E-state index contributed by atoms with van der Waals surface area (Å²) in [5, 5.41) is 2.43. The van der Waals surface area contributed by atoms with Gasteiger partial charge in [0.2, 0.25) is 5.91 Å². The fraction of sp³-hybridized carbons (Fsp3) is 0.421. The quantitative estimate of drug-likeness (QED) is 0.310. The highest BCUT2D eigenvalue weighted by molar-refractivity contribution is 6.07. The van der Waals surface area contributed by atoms with E-state index in [1.165, 1.54) is 13.2 Å². The lowest BCUT2D eigenvalue weighted by Gasteiger charge is -2.14. The predicted octanol–water partition coefficient (Wildman–Crippen LogP) is 2.90. The lowest BCUT2D eigenvalue weighted by atomic mass is 10.0. The van der Waals surface area contributed by atoms with Gasteiger partial charge in [-0.2, -0.15) is 0 Å². The number of rotatable bonds is 10. The third-order valence-electron chi connectivity index (χ3n) is 3.55. The van der Waals surface area contributed by atoms with Crippen molar-refractivity contribution >= 4 is 23.7 Å². The molecule has 0 fully saturated rings. The summed E-state index contributed by atoms with van der Waals surface area (Å²) >= 11 is 0. The van der Waals surface area contributed by atoms with Gasteiger partial charge < -0.3 is 10.1 Å². The van der Waals surface area contributed by atoms with Crippen LogP contribution in [0.15, 0.2) is 36.4 Å². The van der Waals surface area contributed by atoms with Crippen LogP contribution in [0.1, 0.15) is 44.6 Å². The summed E-state index contributed by atoms with van der Waals surface area (Å²) in [5.41, 5.74) is 0.855. The number of nitrogens with one attached hydrogen (secondary N) is 1. The Balaban J connectivity index is 2.61. The van der Waals surface area contributed by atoms with Gasteiger partial charge in [-0.25, -0.2) is 4.79 Å². The molecular formula is C19H25NO4. The zero-order valence-corrected chi connectivity index (χ0v) is 14.3. The maximum Gasteiger partial charge on any atom is 0.336 e. The van der Waals surface area contributed by atoms with E-state index in [2.05, 4.69) is 17.0 Å². The number of ether oxygens (including phenoxy) is 1. The van der Waals surface area contributed by atoms with E-state index < -0.39 is 17.9 Å². The lowest BCUT2D eigenvalue weighted by molar-refractivity contribution is -0.148. The summed E-state index contributed by atoms with van der Waals surface area (Å²) in [4.78, 5) is 35.9. The Morgan fingerprint density at radius 1 is 1.12 bits per heavy atom. The van der Waals surface area contributed by atoms with Crippen molar-refractivity contribution in [2.24, 2.45) is 0 Å². The summed E-state index contributed by atoms with van der Waals surface area (Å²) in [6.45, 7) is 2.08. The van der Waals surface area contributed by atoms with Crippen LogP contribution in [-0.2, 0) is 19.1 Å².